The van der Waals surface area contributed by atoms with E-state index < -0.39 is 6.55 Å². The lowest BCUT2D eigenvalue weighted by molar-refractivity contribution is 0.0542. The molecule has 2 N–H and O–H groups in total. The number of hydrogen-bond donors (Lipinski definition) is 2. The molecule has 0 amide bonds. The number of imidazole rings is 1. The Labute approximate surface area is 208 Å². The zero-order valence-corrected chi connectivity index (χ0v) is 20.4. The number of aryl methyl sites for hydroxylation is 1. The van der Waals surface area contributed by atoms with Gasteiger partial charge in [0.25, 0.3) is 5.56 Å². The van der Waals surface area contributed by atoms with Gasteiger partial charge in [-0.1, -0.05) is 11.6 Å². The number of nitrogens with zero attached hydrogens (tertiary/aromatic N) is 6. The highest BCUT2D eigenvalue weighted by molar-refractivity contribution is 6.30. The van der Waals surface area contributed by atoms with Crippen LogP contribution in [0.15, 0.2) is 29.2 Å². The van der Waals surface area contributed by atoms with Crippen molar-refractivity contribution in [1.82, 2.24) is 34.7 Å². The van der Waals surface area contributed by atoms with Gasteiger partial charge in [0.15, 0.2) is 5.82 Å². The Hall–Kier alpha value is -3.86. The molecule has 1 aliphatic heterocycles. The molecule has 6 heterocycles. The highest BCUT2D eigenvalue weighted by atomic mass is 35.5. The van der Waals surface area contributed by atoms with Crippen LogP contribution in [-0.2, 0) is 0 Å². The van der Waals surface area contributed by atoms with Gasteiger partial charge in [-0.3, -0.25) is 9.78 Å². The van der Waals surface area contributed by atoms with Crippen molar-refractivity contribution in [1.29, 1.82) is 0 Å². The van der Waals surface area contributed by atoms with Gasteiger partial charge < -0.3 is 14.9 Å². The Balaban J connectivity index is 1.56. The molecule has 0 spiro atoms. The van der Waals surface area contributed by atoms with Crippen molar-refractivity contribution in [2.75, 3.05) is 11.4 Å². The van der Waals surface area contributed by atoms with E-state index in [0.29, 0.717) is 66.4 Å². The zero-order chi connectivity index (χ0) is 25.3. The van der Waals surface area contributed by atoms with Gasteiger partial charge in [0.05, 0.1) is 33.7 Å². The van der Waals surface area contributed by atoms with Gasteiger partial charge >= 0.3 is 6.55 Å². The van der Waals surface area contributed by atoms with Crippen LogP contribution in [0.2, 0.25) is 5.15 Å². The van der Waals surface area contributed by atoms with Gasteiger partial charge in [-0.2, -0.15) is 13.9 Å². The molecule has 0 bridgehead atoms. The standard InChI is InChI=1S/C24H21ClF2N8O/c1-10-5-7-34(10)22-20-16(9-17(25)31-22)29-21(32-20)14-8-13-15(30-23(14)36)4-6-28-19(13)18-11(2)33-35(12(18)3)24(26)27/h4,6,8-10,24H,5,7H2,1-3H3,(H,29,32)(H,30,36)/t10-/m1/s1. The van der Waals surface area contributed by atoms with Crippen molar-refractivity contribution in [2.24, 2.45) is 0 Å². The third-order valence-corrected chi connectivity index (χ3v) is 6.98. The van der Waals surface area contributed by atoms with Gasteiger partial charge in [-0.25, -0.2) is 14.6 Å². The molecule has 9 nitrogen and oxygen atoms in total. The van der Waals surface area contributed by atoms with Crippen LogP contribution in [0, 0.1) is 13.8 Å². The fourth-order valence-electron chi connectivity index (χ4n) is 4.82. The third kappa shape index (κ3) is 3.37. The summed E-state index contributed by atoms with van der Waals surface area (Å²) in [6, 6.07) is 5.33. The number of anilines is 1. The van der Waals surface area contributed by atoms with Crippen LogP contribution in [0.4, 0.5) is 14.6 Å². The first kappa shape index (κ1) is 22.6. The number of H-pyrrole nitrogens is 2. The fraction of sp³-hybridized carbons (Fsp3) is 0.292. The van der Waals surface area contributed by atoms with Gasteiger partial charge in [-0.15, -0.1) is 0 Å². The second-order valence-corrected chi connectivity index (χ2v) is 9.37. The molecule has 1 atom stereocenters. The SMILES string of the molecule is Cc1nn(C(F)F)c(C)c1-c1nccc2[nH]c(=O)c(-c3nc4c(N5CC[C@H]5C)nc(Cl)cc4[nH]3)cc12. The number of aromatic amines is 2. The van der Waals surface area contributed by atoms with Gasteiger partial charge in [0.1, 0.15) is 16.5 Å². The molecule has 0 aliphatic carbocycles. The van der Waals surface area contributed by atoms with Crippen LogP contribution in [-0.4, -0.2) is 47.3 Å². The molecule has 36 heavy (non-hydrogen) atoms. The summed E-state index contributed by atoms with van der Waals surface area (Å²) in [4.78, 5) is 35.0. The number of fused-ring (bicyclic) bond motifs is 2. The van der Waals surface area contributed by atoms with E-state index in [0.717, 1.165) is 13.0 Å². The topological polar surface area (TPSA) is 108 Å². The average molecular weight is 511 g/mol. The normalized spacial score (nSPS) is 15.9. The summed E-state index contributed by atoms with van der Waals surface area (Å²) in [5.41, 5.74) is 3.37. The van der Waals surface area contributed by atoms with Crippen LogP contribution < -0.4 is 10.5 Å². The zero-order valence-electron chi connectivity index (χ0n) is 19.6. The molecular weight excluding hydrogens is 490 g/mol. The molecule has 0 aromatic carbocycles. The Bertz CT molecular complexity index is 1720. The molecule has 184 valence electrons. The number of nitrogens with one attached hydrogen (secondary N) is 2. The lowest BCUT2D eigenvalue weighted by Crippen LogP contribution is -2.46. The minimum atomic E-state index is -2.78. The first-order valence-corrected chi connectivity index (χ1v) is 11.8. The minimum Gasteiger partial charge on any atom is -0.352 e. The van der Waals surface area contributed by atoms with E-state index in [9.17, 15) is 13.6 Å². The summed E-state index contributed by atoms with van der Waals surface area (Å²) in [5.74, 6) is 1.02. The summed E-state index contributed by atoms with van der Waals surface area (Å²) in [6.45, 7) is 3.41. The highest BCUT2D eigenvalue weighted by Crippen LogP contribution is 2.35. The first-order valence-electron chi connectivity index (χ1n) is 11.4. The van der Waals surface area contributed by atoms with E-state index in [1.165, 1.54) is 6.20 Å². The molecule has 6 rings (SSSR count). The molecule has 5 aromatic heterocycles. The molecule has 12 heteroatoms. The van der Waals surface area contributed by atoms with E-state index in [1.54, 1.807) is 32.0 Å². The minimum absolute atomic E-state index is 0.281. The van der Waals surface area contributed by atoms with Crippen molar-refractivity contribution in [3.05, 3.63) is 51.3 Å². The summed E-state index contributed by atoms with van der Waals surface area (Å²) >= 11 is 6.28. The predicted octanol–water partition coefficient (Wildman–Crippen LogP) is 4.99. The lowest BCUT2D eigenvalue weighted by Gasteiger charge is -2.39. The molecule has 0 unspecified atom stereocenters. The highest BCUT2D eigenvalue weighted by Gasteiger charge is 2.28. The Kier molecular flexibility index (Phi) is 5.08. The molecule has 1 saturated heterocycles. The lowest BCUT2D eigenvalue weighted by atomic mass is 10.0. The molecular formula is C24H21ClF2N8O. The van der Waals surface area contributed by atoms with Crippen LogP contribution in [0.5, 0.6) is 0 Å². The molecule has 1 fully saturated rings. The van der Waals surface area contributed by atoms with Crippen LogP contribution in [0.3, 0.4) is 0 Å². The second kappa shape index (κ2) is 8.09. The van der Waals surface area contributed by atoms with Gasteiger partial charge in [-0.05, 0) is 39.3 Å². The van der Waals surface area contributed by atoms with Crippen molar-refractivity contribution >= 4 is 39.4 Å². The number of alkyl halides is 2. The summed E-state index contributed by atoms with van der Waals surface area (Å²) in [7, 11) is 0. The van der Waals surface area contributed by atoms with E-state index in [2.05, 4.69) is 36.9 Å². The molecule has 0 saturated carbocycles. The third-order valence-electron chi connectivity index (χ3n) is 6.79. The predicted molar refractivity (Wildman–Crippen MR) is 134 cm³/mol. The largest absolute Gasteiger partial charge is 0.352 e. The number of hydrogen-bond acceptors (Lipinski definition) is 6. The summed E-state index contributed by atoms with van der Waals surface area (Å²) in [6.07, 6.45) is 2.58. The Morgan fingerprint density at radius 3 is 2.64 bits per heavy atom. The van der Waals surface area contributed by atoms with E-state index >= 15 is 0 Å². The first-order chi connectivity index (χ1) is 17.2. The molecule has 5 aromatic rings. The van der Waals surface area contributed by atoms with E-state index in [4.69, 9.17) is 16.6 Å². The van der Waals surface area contributed by atoms with Crippen molar-refractivity contribution in [3.8, 4) is 22.6 Å². The second-order valence-electron chi connectivity index (χ2n) is 8.98. The summed E-state index contributed by atoms with van der Waals surface area (Å²) in [5, 5.41) is 4.90. The van der Waals surface area contributed by atoms with E-state index in [-0.39, 0.29) is 16.8 Å². The van der Waals surface area contributed by atoms with Crippen molar-refractivity contribution in [2.45, 2.75) is 39.8 Å². The van der Waals surface area contributed by atoms with Crippen LogP contribution >= 0.6 is 11.6 Å². The number of halogens is 3. The molecule has 1 aliphatic rings. The maximum atomic E-state index is 13.5. The quantitative estimate of drug-likeness (QED) is 0.330. The maximum absolute atomic E-state index is 13.5. The van der Waals surface area contributed by atoms with Crippen LogP contribution in [0.25, 0.3) is 44.6 Å². The smallest absolute Gasteiger partial charge is 0.333 e. The number of rotatable bonds is 4. The van der Waals surface area contributed by atoms with Crippen molar-refractivity contribution in [3.63, 3.8) is 0 Å². The molecule has 0 radical (unpaired) electrons. The number of aromatic nitrogens is 7. The average Bonchev–Trinajstić information content (AvgIpc) is 3.37. The Morgan fingerprint density at radius 2 is 1.97 bits per heavy atom. The summed E-state index contributed by atoms with van der Waals surface area (Å²) < 4.78 is 27.6. The maximum Gasteiger partial charge on any atom is 0.333 e. The fourth-order valence-corrected chi connectivity index (χ4v) is 5.01. The van der Waals surface area contributed by atoms with Crippen molar-refractivity contribution < 1.29 is 8.78 Å². The van der Waals surface area contributed by atoms with Gasteiger partial charge in [0, 0.05) is 35.8 Å². The number of pyridine rings is 3. The monoisotopic (exact) mass is 510 g/mol. The van der Waals surface area contributed by atoms with Gasteiger partial charge in [0.2, 0.25) is 0 Å². The van der Waals surface area contributed by atoms with Crippen LogP contribution in [0.1, 0.15) is 31.3 Å². The van der Waals surface area contributed by atoms with E-state index in [1.807, 2.05) is 0 Å². The Morgan fingerprint density at radius 1 is 1.17 bits per heavy atom.